The van der Waals surface area contributed by atoms with Crippen LogP contribution in [0.2, 0.25) is 5.02 Å². The molecule has 3 nitrogen and oxygen atoms in total. The van der Waals surface area contributed by atoms with Gasteiger partial charge in [-0.25, -0.2) is 4.39 Å². The zero-order valence-corrected chi connectivity index (χ0v) is 14.6. The number of amides is 1. The molecule has 2 rings (SSSR count). The molecule has 0 saturated carbocycles. The molecule has 1 saturated heterocycles. The standard InChI is InChI=1S/C16H22ClFN2OS/c1-3-19(4-2)8-5-9-20-15(21)11-22-16(20)12-6-7-14(18)13(17)10-12/h6-7,10,16H,3-5,8-9,11H2,1-2H3. The number of hydrogen-bond donors (Lipinski definition) is 0. The third kappa shape index (κ3) is 4.15. The molecule has 1 unspecified atom stereocenters. The zero-order chi connectivity index (χ0) is 16.1. The van der Waals surface area contributed by atoms with Crippen molar-refractivity contribution in [2.24, 2.45) is 0 Å². The van der Waals surface area contributed by atoms with Crippen molar-refractivity contribution in [3.63, 3.8) is 0 Å². The second-order valence-corrected chi connectivity index (χ2v) is 6.78. The lowest BCUT2D eigenvalue weighted by Crippen LogP contribution is -2.32. The Bertz CT molecular complexity index is 525. The molecular weight excluding hydrogens is 323 g/mol. The molecule has 0 aromatic heterocycles. The predicted octanol–water partition coefficient (Wildman–Crippen LogP) is 3.79. The molecular formula is C16H22ClFN2OS. The van der Waals surface area contributed by atoms with Gasteiger partial charge in [-0.05, 0) is 43.8 Å². The fourth-order valence-corrected chi connectivity index (χ4v) is 4.04. The molecule has 0 N–H and O–H groups in total. The van der Waals surface area contributed by atoms with Crippen molar-refractivity contribution in [3.05, 3.63) is 34.6 Å². The largest absolute Gasteiger partial charge is 0.326 e. The van der Waals surface area contributed by atoms with E-state index in [0.717, 1.165) is 38.2 Å². The molecule has 0 radical (unpaired) electrons. The monoisotopic (exact) mass is 344 g/mol. The lowest BCUT2D eigenvalue weighted by Gasteiger charge is -2.26. The Labute approximate surface area is 140 Å². The minimum atomic E-state index is -0.423. The van der Waals surface area contributed by atoms with Crippen molar-refractivity contribution in [1.29, 1.82) is 0 Å². The fourth-order valence-electron chi connectivity index (χ4n) is 2.64. The van der Waals surface area contributed by atoms with Crippen LogP contribution in [-0.2, 0) is 4.79 Å². The summed E-state index contributed by atoms with van der Waals surface area (Å²) in [6.45, 7) is 8.04. The SMILES string of the molecule is CCN(CC)CCCN1C(=O)CSC1c1ccc(F)c(Cl)c1. The number of thioether (sulfide) groups is 1. The van der Waals surface area contributed by atoms with Gasteiger partial charge < -0.3 is 9.80 Å². The Morgan fingerprint density at radius 3 is 2.77 bits per heavy atom. The van der Waals surface area contributed by atoms with Gasteiger partial charge in [0, 0.05) is 6.54 Å². The molecule has 1 aromatic carbocycles. The number of hydrogen-bond acceptors (Lipinski definition) is 3. The van der Waals surface area contributed by atoms with E-state index in [4.69, 9.17) is 11.6 Å². The molecule has 22 heavy (non-hydrogen) atoms. The maximum atomic E-state index is 13.3. The summed E-state index contributed by atoms with van der Waals surface area (Å²) < 4.78 is 13.3. The van der Waals surface area contributed by atoms with Crippen molar-refractivity contribution < 1.29 is 9.18 Å². The van der Waals surface area contributed by atoms with Crippen LogP contribution < -0.4 is 0 Å². The van der Waals surface area contributed by atoms with E-state index in [0.29, 0.717) is 5.75 Å². The predicted molar refractivity (Wildman–Crippen MR) is 90.7 cm³/mol. The first-order valence-electron chi connectivity index (χ1n) is 7.65. The summed E-state index contributed by atoms with van der Waals surface area (Å²) in [5, 5.41) is 0.0582. The number of carbonyl (C=O) groups is 1. The summed E-state index contributed by atoms with van der Waals surface area (Å²) >= 11 is 7.44. The highest BCUT2D eigenvalue weighted by molar-refractivity contribution is 8.00. The van der Waals surface area contributed by atoms with E-state index in [9.17, 15) is 9.18 Å². The molecule has 0 spiro atoms. The van der Waals surface area contributed by atoms with Gasteiger partial charge in [-0.1, -0.05) is 31.5 Å². The molecule has 1 amide bonds. The highest BCUT2D eigenvalue weighted by atomic mass is 35.5. The Kier molecular flexibility index (Phi) is 6.53. The average molecular weight is 345 g/mol. The molecule has 0 bridgehead atoms. The smallest absolute Gasteiger partial charge is 0.233 e. The van der Waals surface area contributed by atoms with Gasteiger partial charge in [-0.2, -0.15) is 0 Å². The quantitative estimate of drug-likeness (QED) is 0.752. The van der Waals surface area contributed by atoms with E-state index in [1.807, 2.05) is 4.90 Å². The van der Waals surface area contributed by atoms with Crippen molar-refractivity contribution in [1.82, 2.24) is 9.80 Å². The lowest BCUT2D eigenvalue weighted by atomic mass is 10.2. The van der Waals surface area contributed by atoms with Crippen LogP contribution in [0.25, 0.3) is 0 Å². The van der Waals surface area contributed by atoms with Crippen molar-refractivity contribution in [2.75, 3.05) is 31.9 Å². The second kappa shape index (κ2) is 8.18. The van der Waals surface area contributed by atoms with Crippen LogP contribution in [0.1, 0.15) is 31.2 Å². The fraction of sp³-hybridized carbons (Fsp3) is 0.562. The van der Waals surface area contributed by atoms with Gasteiger partial charge in [0.25, 0.3) is 0 Å². The molecule has 6 heteroatoms. The second-order valence-electron chi connectivity index (χ2n) is 5.30. The first-order valence-corrected chi connectivity index (χ1v) is 9.07. The Hall–Kier alpha value is -0.780. The molecule has 1 heterocycles. The number of carbonyl (C=O) groups excluding carboxylic acids is 1. The van der Waals surface area contributed by atoms with Crippen LogP contribution in [0, 0.1) is 5.82 Å². The van der Waals surface area contributed by atoms with E-state index in [1.54, 1.807) is 23.9 Å². The van der Waals surface area contributed by atoms with E-state index in [2.05, 4.69) is 18.7 Å². The summed E-state index contributed by atoms with van der Waals surface area (Å²) in [5.41, 5.74) is 0.894. The van der Waals surface area contributed by atoms with Gasteiger partial charge >= 0.3 is 0 Å². The molecule has 1 atom stereocenters. The molecule has 1 fully saturated rings. The number of nitrogens with zero attached hydrogens (tertiary/aromatic N) is 2. The Morgan fingerprint density at radius 2 is 2.14 bits per heavy atom. The third-order valence-corrected chi connectivity index (χ3v) is 5.51. The molecule has 1 aliphatic rings. The van der Waals surface area contributed by atoms with Crippen LogP contribution in [-0.4, -0.2) is 47.6 Å². The van der Waals surface area contributed by atoms with Gasteiger partial charge in [0.1, 0.15) is 11.2 Å². The summed E-state index contributed by atoms with van der Waals surface area (Å²) in [6.07, 6.45) is 0.944. The minimum absolute atomic E-state index is 0.0534. The van der Waals surface area contributed by atoms with E-state index < -0.39 is 5.82 Å². The van der Waals surface area contributed by atoms with Crippen LogP contribution in [0.5, 0.6) is 0 Å². The zero-order valence-electron chi connectivity index (χ0n) is 13.0. The van der Waals surface area contributed by atoms with Crippen LogP contribution in [0.3, 0.4) is 0 Å². The summed E-state index contributed by atoms with van der Waals surface area (Å²) in [5.74, 6) is 0.202. The van der Waals surface area contributed by atoms with Crippen molar-refractivity contribution >= 4 is 29.3 Å². The summed E-state index contributed by atoms with van der Waals surface area (Å²) in [4.78, 5) is 16.3. The molecule has 122 valence electrons. The summed E-state index contributed by atoms with van der Waals surface area (Å²) in [7, 11) is 0. The number of rotatable bonds is 7. The van der Waals surface area contributed by atoms with E-state index in [1.165, 1.54) is 6.07 Å². The van der Waals surface area contributed by atoms with Gasteiger partial charge in [-0.3, -0.25) is 4.79 Å². The normalized spacial score (nSPS) is 18.5. The maximum Gasteiger partial charge on any atom is 0.233 e. The van der Waals surface area contributed by atoms with Gasteiger partial charge in [0.2, 0.25) is 5.91 Å². The Balaban J connectivity index is 2.01. The highest BCUT2D eigenvalue weighted by Crippen LogP contribution is 2.39. The first-order chi connectivity index (χ1) is 10.6. The number of halogens is 2. The van der Waals surface area contributed by atoms with E-state index in [-0.39, 0.29) is 16.3 Å². The van der Waals surface area contributed by atoms with Crippen LogP contribution >= 0.6 is 23.4 Å². The number of benzene rings is 1. The topological polar surface area (TPSA) is 23.6 Å². The van der Waals surface area contributed by atoms with Gasteiger partial charge in [0.05, 0.1) is 10.8 Å². The molecule has 1 aromatic rings. The molecule has 0 aliphatic carbocycles. The van der Waals surface area contributed by atoms with Crippen molar-refractivity contribution in [3.8, 4) is 0 Å². The van der Waals surface area contributed by atoms with Gasteiger partial charge in [0.15, 0.2) is 0 Å². The van der Waals surface area contributed by atoms with E-state index >= 15 is 0 Å². The van der Waals surface area contributed by atoms with Gasteiger partial charge in [-0.15, -0.1) is 11.8 Å². The first kappa shape index (κ1) is 17.6. The maximum absolute atomic E-state index is 13.3. The lowest BCUT2D eigenvalue weighted by molar-refractivity contribution is -0.128. The molecule has 1 aliphatic heterocycles. The average Bonchev–Trinajstić information content (AvgIpc) is 2.88. The van der Waals surface area contributed by atoms with Crippen LogP contribution in [0.15, 0.2) is 18.2 Å². The summed E-state index contributed by atoms with van der Waals surface area (Å²) in [6, 6.07) is 4.72. The Morgan fingerprint density at radius 1 is 1.41 bits per heavy atom. The highest BCUT2D eigenvalue weighted by Gasteiger charge is 2.32. The van der Waals surface area contributed by atoms with Crippen LogP contribution in [0.4, 0.5) is 4.39 Å². The minimum Gasteiger partial charge on any atom is -0.326 e. The third-order valence-electron chi connectivity index (χ3n) is 3.96. The van der Waals surface area contributed by atoms with Crippen molar-refractivity contribution in [2.45, 2.75) is 25.6 Å².